The molecular weight excluding hydrogens is 138 g/mol. The van der Waals surface area contributed by atoms with Crippen molar-refractivity contribution in [1.29, 1.82) is 0 Å². The van der Waals surface area contributed by atoms with Crippen LogP contribution in [0, 0.1) is 12.8 Å². The lowest BCUT2D eigenvalue weighted by molar-refractivity contribution is -0.0441. The van der Waals surface area contributed by atoms with Crippen molar-refractivity contribution in [3.05, 3.63) is 17.8 Å². The van der Waals surface area contributed by atoms with E-state index >= 15 is 0 Å². The van der Waals surface area contributed by atoms with E-state index in [-0.39, 0.29) is 0 Å². The molecule has 0 unspecified atom stereocenters. The first-order valence-electron chi connectivity index (χ1n) is 4.21. The second-order valence-corrected chi connectivity index (χ2v) is 4.00. The van der Waals surface area contributed by atoms with Gasteiger partial charge in [-0.25, -0.2) is 4.98 Å². The van der Waals surface area contributed by atoms with Crippen molar-refractivity contribution < 1.29 is 4.42 Å². The summed E-state index contributed by atoms with van der Waals surface area (Å²) in [7, 11) is 0. The molecule has 3 saturated carbocycles. The molecule has 0 saturated heterocycles. The molecule has 1 aromatic heterocycles. The zero-order valence-electron chi connectivity index (χ0n) is 6.63. The molecular formula is C9H11NO. The Hall–Kier alpha value is -0.790. The van der Waals surface area contributed by atoms with Gasteiger partial charge in [0.2, 0.25) is 0 Å². The SMILES string of the molecule is Cc1ncc(C23CC(C2)C3)o1. The molecule has 3 fully saturated rings. The van der Waals surface area contributed by atoms with Crippen molar-refractivity contribution in [3.8, 4) is 0 Å². The number of nitrogens with zero attached hydrogens (tertiary/aromatic N) is 1. The van der Waals surface area contributed by atoms with Gasteiger partial charge in [0.1, 0.15) is 5.76 Å². The van der Waals surface area contributed by atoms with Crippen LogP contribution in [0.3, 0.4) is 0 Å². The molecule has 0 aromatic carbocycles. The molecule has 3 aliphatic carbocycles. The van der Waals surface area contributed by atoms with Crippen molar-refractivity contribution in [2.45, 2.75) is 31.6 Å². The number of hydrogen-bond donors (Lipinski definition) is 0. The number of rotatable bonds is 1. The number of aromatic nitrogens is 1. The Morgan fingerprint density at radius 2 is 2.27 bits per heavy atom. The van der Waals surface area contributed by atoms with Crippen molar-refractivity contribution in [2.75, 3.05) is 0 Å². The number of hydrogen-bond acceptors (Lipinski definition) is 2. The molecule has 11 heavy (non-hydrogen) atoms. The summed E-state index contributed by atoms with van der Waals surface area (Å²) in [5.74, 6) is 2.96. The Balaban J connectivity index is 1.99. The highest BCUT2D eigenvalue weighted by molar-refractivity contribution is 5.26. The molecule has 58 valence electrons. The van der Waals surface area contributed by atoms with Gasteiger partial charge in [-0.3, -0.25) is 0 Å². The predicted molar refractivity (Wildman–Crippen MR) is 40.3 cm³/mol. The monoisotopic (exact) mass is 149 g/mol. The zero-order chi connectivity index (χ0) is 7.47. The molecule has 3 aliphatic rings. The lowest BCUT2D eigenvalue weighted by Crippen LogP contribution is -2.54. The normalized spacial score (nSPS) is 39.5. The highest BCUT2D eigenvalue weighted by atomic mass is 16.4. The largest absolute Gasteiger partial charge is 0.445 e. The summed E-state index contributed by atoms with van der Waals surface area (Å²) in [5, 5.41) is 0. The van der Waals surface area contributed by atoms with E-state index in [1.165, 1.54) is 19.3 Å². The van der Waals surface area contributed by atoms with E-state index in [9.17, 15) is 0 Å². The van der Waals surface area contributed by atoms with Crippen molar-refractivity contribution in [1.82, 2.24) is 4.98 Å². The summed E-state index contributed by atoms with van der Waals surface area (Å²) in [6.45, 7) is 1.91. The Bertz CT molecular complexity index is 285. The van der Waals surface area contributed by atoms with Crippen LogP contribution in [-0.2, 0) is 5.41 Å². The minimum Gasteiger partial charge on any atom is -0.445 e. The maximum atomic E-state index is 5.52. The first-order chi connectivity index (χ1) is 5.28. The average Bonchev–Trinajstić information content (AvgIpc) is 2.06. The van der Waals surface area contributed by atoms with Crippen molar-refractivity contribution >= 4 is 0 Å². The van der Waals surface area contributed by atoms with Crippen LogP contribution in [0.15, 0.2) is 10.6 Å². The Morgan fingerprint density at radius 1 is 1.55 bits per heavy atom. The maximum Gasteiger partial charge on any atom is 0.191 e. The van der Waals surface area contributed by atoms with Crippen LogP contribution in [-0.4, -0.2) is 4.98 Å². The Morgan fingerprint density at radius 3 is 2.64 bits per heavy atom. The molecule has 2 heteroatoms. The van der Waals surface area contributed by atoms with Gasteiger partial charge in [-0.2, -0.15) is 0 Å². The van der Waals surface area contributed by atoms with Gasteiger partial charge in [0.15, 0.2) is 5.89 Å². The fourth-order valence-electron chi connectivity index (χ4n) is 2.39. The number of aryl methyl sites for hydroxylation is 1. The van der Waals surface area contributed by atoms with Crippen LogP contribution in [0.25, 0.3) is 0 Å². The maximum absolute atomic E-state index is 5.52. The second-order valence-electron chi connectivity index (χ2n) is 4.00. The summed E-state index contributed by atoms with van der Waals surface area (Å²) in [5.41, 5.74) is 0.450. The number of oxazole rings is 1. The van der Waals surface area contributed by atoms with Crippen LogP contribution in [0.2, 0.25) is 0 Å². The summed E-state index contributed by atoms with van der Waals surface area (Å²) in [4.78, 5) is 4.12. The van der Waals surface area contributed by atoms with Crippen LogP contribution in [0.4, 0.5) is 0 Å². The van der Waals surface area contributed by atoms with Gasteiger partial charge in [0.05, 0.1) is 6.20 Å². The molecule has 0 amide bonds. The summed E-state index contributed by atoms with van der Waals surface area (Å²) >= 11 is 0. The summed E-state index contributed by atoms with van der Waals surface area (Å²) in [6.07, 6.45) is 5.95. The van der Waals surface area contributed by atoms with Crippen LogP contribution >= 0.6 is 0 Å². The van der Waals surface area contributed by atoms with E-state index in [4.69, 9.17) is 4.42 Å². The lowest BCUT2D eigenvalue weighted by Gasteiger charge is -2.60. The van der Waals surface area contributed by atoms with Gasteiger partial charge < -0.3 is 4.42 Å². The van der Waals surface area contributed by atoms with E-state index < -0.39 is 0 Å². The quantitative estimate of drug-likeness (QED) is 0.610. The molecule has 0 N–H and O–H groups in total. The van der Waals surface area contributed by atoms with Gasteiger partial charge >= 0.3 is 0 Å². The molecule has 1 aromatic rings. The fraction of sp³-hybridized carbons (Fsp3) is 0.667. The zero-order valence-corrected chi connectivity index (χ0v) is 6.63. The lowest BCUT2D eigenvalue weighted by atomic mass is 9.44. The van der Waals surface area contributed by atoms with Crippen molar-refractivity contribution in [3.63, 3.8) is 0 Å². The molecule has 4 rings (SSSR count). The first kappa shape index (κ1) is 5.81. The second kappa shape index (κ2) is 1.52. The average molecular weight is 149 g/mol. The minimum absolute atomic E-state index is 0.450. The van der Waals surface area contributed by atoms with Gasteiger partial charge in [-0.05, 0) is 25.2 Å². The molecule has 2 bridgehead atoms. The third-order valence-electron chi connectivity index (χ3n) is 3.18. The third-order valence-corrected chi connectivity index (χ3v) is 3.18. The van der Waals surface area contributed by atoms with Crippen LogP contribution < -0.4 is 0 Å². The van der Waals surface area contributed by atoms with E-state index in [0.29, 0.717) is 5.41 Å². The molecule has 0 aliphatic heterocycles. The van der Waals surface area contributed by atoms with E-state index in [1.807, 2.05) is 13.1 Å². The molecule has 0 spiro atoms. The highest BCUT2D eigenvalue weighted by Crippen LogP contribution is 2.65. The minimum atomic E-state index is 0.450. The fourth-order valence-corrected chi connectivity index (χ4v) is 2.39. The summed E-state index contributed by atoms with van der Waals surface area (Å²) in [6, 6.07) is 0. The van der Waals surface area contributed by atoms with Crippen LogP contribution in [0.5, 0.6) is 0 Å². The van der Waals surface area contributed by atoms with Gasteiger partial charge in [-0.1, -0.05) is 0 Å². The molecule has 1 heterocycles. The summed E-state index contributed by atoms with van der Waals surface area (Å²) < 4.78 is 5.52. The van der Waals surface area contributed by atoms with E-state index in [2.05, 4.69) is 4.98 Å². The first-order valence-corrected chi connectivity index (χ1v) is 4.21. The molecule has 0 atom stereocenters. The standard InChI is InChI=1S/C9H11NO/c1-6-10-5-8(11-6)9-2-7(3-9)4-9/h5,7H,2-4H2,1H3. The van der Waals surface area contributed by atoms with E-state index in [0.717, 1.165) is 17.6 Å². The smallest absolute Gasteiger partial charge is 0.191 e. The van der Waals surface area contributed by atoms with Gasteiger partial charge in [-0.15, -0.1) is 0 Å². The Labute approximate surface area is 65.6 Å². The van der Waals surface area contributed by atoms with Crippen LogP contribution in [0.1, 0.15) is 30.9 Å². The topological polar surface area (TPSA) is 26.0 Å². The predicted octanol–water partition coefficient (Wildman–Crippen LogP) is 2.03. The molecule has 0 radical (unpaired) electrons. The van der Waals surface area contributed by atoms with Gasteiger partial charge in [0, 0.05) is 12.3 Å². The van der Waals surface area contributed by atoms with Gasteiger partial charge in [0.25, 0.3) is 0 Å². The third kappa shape index (κ3) is 0.561. The highest BCUT2D eigenvalue weighted by Gasteiger charge is 2.59. The molecule has 2 nitrogen and oxygen atoms in total. The van der Waals surface area contributed by atoms with E-state index in [1.54, 1.807) is 0 Å². The van der Waals surface area contributed by atoms with Crippen molar-refractivity contribution in [2.24, 2.45) is 5.92 Å². The Kier molecular flexibility index (Phi) is 0.803.